The van der Waals surface area contributed by atoms with E-state index in [9.17, 15) is 0 Å². The molecule has 2 aromatic heterocycles. The van der Waals surface area contributed by atoms with Crippen LogP contribution in [0.1, 0.15) is 57.1 Å². The van der Waals surface area contributed by atoms with Gasteiger partial charge < -0.3 is 0 Å². The number of hydrogen-bond acceptors (Lipinski definition) is 3. The molecule has 8 aromatic carbocycles. The molecule has 0 radical (unpaired) electrons. The molecule has 294 valence electrons. The molecule has 10 aromatic rings. The van der Waals surface area contributed by atoms with Gasteiger partial charge >= 0.3 is 0 Å². The fourth-order valence-corrected chi connectivity index (χ4v) is 14.0. The lowest BCUT2D eigenvalue weighted by Gasteiger charge is -2.54. The van der Waals surface area contributed by atoms with Crippen LogP contribution in [-0.2, 0) is 5.41 Å². The van der Waals surface area contributed by atoms with Gasteiger partial charge in [-0.3, -0.25) is 0 Å². The van der Waals surface area contributed by atoms with Crippen LogP contribution < -0.4 is 0 Å². The van der Waals surface area contributed by atoms with Crippen molar-refractivity contribution >= 4 is 64.0 Å². The molecule has 5 unspecified atom stereocenters. The third kappa shape index (κ3) is 5.20. The average Bonchev–Trinajstić information content (AvgIpc) is 3.84. The number of fused-ring (bicyclic) bond motifs is 16. The summed E-state index contributed by atoms with van der Waals surface area (Å²) in [5, 5.41) is 8.81. The van der Waals surface area contributed by atoms with E-state index in [1.807, 2.05) is 11.3 Å². The first-order chi connectivity index (χ1) is 30.0. The minimum Gasteiger partial charge on any atom is -0.227 e. The van der Waals surface area contributed by atoms with Gasteiger partial charge in [-0.15, -0.1) is 11.3 Å². The monoisotopic (exact) mass is 802 g/mol. The number of thiophene rings is 1. The molecule has 0 N–H and O–H groups in total. The fourth-order valence-electron chi connectivity index (χ4n) is 12.7. The first-order valence-corrected chi connectivity index (χ1v) is 23.3. The molecule has 3 heteroatoms. The van der Waals surface area contributed by atoms with Gasteiger partial charge in [-0.1, -0.05) is 154 Å². The van der Waals surface area contributed by atoms with Crippen molar-refractivity contribution in [1.29, 1.82) is 0 Å². The summed E-state index contributed by atoms with van der Waals surface area (Å²) in [5.74, 6) is 3.54. The maximum absolute atomic E-state index is 5.48. The first kappa shape index (κ1) is 35.6. The molecule has 2 saturated carbocycles. The number of aromatic nitrogens is 2. The van der Waals surface area contributed by atoms with Gasteiger partial charge in [0.1, 0.15) is 0 Å². The topological polar surface area (TPSA) is 25.8 Å². The summed E-state index contributed by atoms with van der Waals surface area (Å²) in [7, 11) is 0. The molecule has 2 fully saturated rings. The second-order valence-electron chi connectivity index (χ2n) is 18.5. The Labute approximate surface area is 361 Å². The van der Waals surface area contributed by atoms with Gasteiger partial charge in [0.25, 0.3) is 0 Å². The molecule has 3 aliphatic rings. The van der Waals surface area contributed by atoms with Crippen molar-refractivity contribution in [1.82, 2.24) is 9.97 Å². The summed E-state index contributed by atoms with van der Waals surface area (Å²) in [6.07, 6.45) is 6.57. The van der Waals surface area contributed by atoms with Gasteiger partial charge in [-0.2, -0.15) is 0 Å². The van der Waals surface area contributed by atoms with E-state index in [2.05, 4.69) is 172 Å². The van der Waals surface area contributed by atoms with Crippen molar-refractivity contribution in [3.63, 3.8) is 0 Å². The predicted molar refractivity (Wildman–Crippen MR) is 258 cm³/mol. The van der Waals surface area contributed by atoms with Crippen molar-refractivity contribution in [2.75, 3.05) is 0 Å². The summed E-state index contributed by atoms with van der Waals surface area (Å²) < 4.78 is 2.73. The Bertz CT molecular complexity index is 3410. The molecule has 5 atom stereocenters. The number of hydrogen-bond donors (Lipinski definition) is 0. The van der Waals surface area contributed by atoms with Gasteiger partial charge in [0.15, 0.2) is 5.82 Å². The van der Waals surface area contributed by atoms with Crippen LogP contribution in [0, 0.1) is 23.7 Å². The Hall–Kier alpha value is -6.16. The van der Waals surface area contributed by atoms with Gasteiger partial charge in [-0.25, -0.2) is 9.97 Å². The maximum atomic E-state index is 5.48. The highest BCUT2D eigenvalue weighted by Crippen LogP contribution is 2.65. The smallest absolute Gasteiger partial charge is 0.160 e. The number of rotatable bonds is 4. The van der Waals surface area contributed by atoms with Crippen LogP contribution in [0.3, 0.4) is 0 Å². The zero-order chi connectivity index (χ0) is 40.4. The minimum atomic E-state index is -0.0498. The van der Waals surface area contributed by atoms with Crippen LogP contribution >= 0.6 is 11.3 Å². The Kier molecular flexibility index (Phi) is 7.83. The SMILES string of the molecule is CCC1CC2CC(C)C3(c4ccc(-c5ccc6c(c5)sc5c7ccccc7ccc65)cc4-c4ccc(-c5nc(-c6ccccc6)c6ccc7ccccc7c6n5)cc43)C(C1)C2. The van der Waals surface area contributed by atoms with Crippen molar-refractivity contribution in [3.05, 3.63) is 169 Å². The second-order valence-corrected chi connectivity index (χ2v) is 19.5. The van der Waals surface area contributed by atoms with Crippen molar-refractivity contribution < 1.29 is 0 Å². The molecular weight excluding hydrogens is 757 g/mol. The van der Waals surface area contributed by atoms with Crippen LogP contribution in [0.15, 0.2) is 158 Å². The zero-order valence-electron chi connectivity index (χ0n) is 34.7. The normalized spacial score (nSPS) is 21.8. The summed E-state index contributed by atoms with van der Waals surface area (Å²) in [5.41, 5.74) is 12.6. The molecule has 2 heterocycles. The third-order valence-corrected chi connectivity index (χ3v) is 16.6. The van der Waals surface area contributed by atoms with Crippen molar-refractivity contribution in [3.8, 4) is 44.9 Å². The van der Waals surface area contributed by atoms with Gasteiger partial charge in [0, 0.05) is 47.5 Å². The summed E-state index contributed by atoms with van der Waals surface area (Å²) in [4.78, 5) is 10.9. The van der Waals surface area contributed by atoms with E-state index in [0.29, 0.717) is 11.8 Å². The lowest BCUT2D eigenvalue weighted by Crippen LogP contribution is -2.49. The Morgan fingerprint density at radius 1 is 0.541 bits per heavy atom. The molecule has 13 rings (SSSR count). The standard InChI is InChI=1S/C58H46N2S/c1-3-35-28-36-27-34(2)58(43(29-35)30-36)51-26-21-40(41-19-23-47-48-24-17-38-12-8-10-16-45(38)56(48)61-53(47)33-41)31-50(51)46-22-20-42(32-52(46)58)57-59-54(39-13-5-4-6-14-39)49-25-18-37-11-7-9-15-44(37)55(49)60-57/h4-26,31-36,43H,3,27-30H2,1-2H3. The number of benzene rings is 8. The maximum Gasteiger partial charge on any atom is 0.160 e. The highest BCUT2D eigenvalue weighted by Gasteiger charge is 2.57. The molecule has 0 amide bonds. The van der Waals surface area contributed by atoms with E-state index in [1.165, 1.54) is 102 Å². The molecular formula is C58H46N2S. The Morgan fingerprint density at radius 2 is 1.26 bits per heavy atom. The lowest BCUT2D eigenvalue weighted by molar-refractivity contribution is 0.0368. The highest BCUT2D eigenvalue weighted by atomic mass is 32.1. The molecule has 0 aliphatic heterocycles. The minimum absolute atomic E-state index is 0.0498. The summed E-state index contributed by atoms with van der Waals surface area (Å²) in [6, 6.07) is 59.1. The van der Waals surface area contributed by atoms with Crippen LogP contribution in [-0.4, -0.2) is 9.97 Å². The molecule has 2 nitrogen and oxygen atoms in total. The van der Waals surface area contributed by atoms with E-state index >= 15 is 0 Å². The van der Waals surface area contributed by atoms with Gasteiger partial charge in [0.2, 0.25) is 0 Å². The van der Waals surface area contributed by atoms with Gasteiger partial charge in [-0.05, 0) is 123 Å². The average molecular weight is 803 g/mol. The van der Waals surface area contributed by atoms with Crippen LogP contribution in [0.2, 0.25) is 0 Å². The van der Waals surface area contributed by atoms with Crippen LogP contribution in [0.25, 0.3) is 97.5 Å². The van der Waals surface area contributed by atoms with Crippen LogP contribution in [0.4, 0.5) is 0 Å². The first-order valence-electron chi connectivity index (χ1n) is 22.4. The van der Waals surface area contributed by atoms with E-state index in [-0.39, 0.29) is 5.41 Å². The summed E-state index contributed by atoms with van der Waals surface area (Å²) >= 11 is 1.93. The van der Waals surface area contributed by atoms with E-state index in [1.54, 1.807) is 5.56 Å². The van der Waals surface area contributed by atoms with Gasteiger partial charge in [0.05, 0.1) is 11.2 Å². The predicted octanol–water partition coefficient (Wildman–Crippen LogP) is 16.1. The van der Waals surface area contributed by atoms with Crippen molar-refractivity contribution in [2.45, 2.75) is 51.4 Å². The molecule has 1 spiro atoms. The lowest BCUT2D eigenvalue weighted by atomic mass is 9.49. The Balaban J connectivity index is 1.01. The largest absolute Gasteiger partial charge is 0.227 e. The molecule has 0 saturated heterocycles. The van der Waals surface area contributed by atoms with Crippen LogP contribution in [0.5, 0.6) is 0 Å². The fraction of sp³-hybridized carbons (Fsp3) is 0.207. The molecule has 61 heavy (non-hydrogen) atoms. The second kappa shape index (κ2) is 13.4. The Morgan fingerprint density at radius 3 is 2.11 bits per heavy atom. The van der Waals surface area contributed by atoms with E-state index in [0.717, 1.165) is 45.4 Å². The summed E-state index contributed by atoms with van der Waals surface area (Å²) in [6.45, 7) is 5.00. The highest BCUT2D eigenvalue weighted by molar-refractivity contribution is 7.26. The quantitative estimate of drug-likeness (QED) is 0.166. The number of nitrogens with zero attached hydrogens (tertiary/aromatic N) is 2. The zero-order valence-corrected chi connectivity index (χ0v) is 35.5. The molecule has 3 aliphatic carbocycles. The van der Waals surface area contributed by atoms with Crippen molar-refractivity contribution in [2.24, 2.45) is 23.7 Å². The van der Waals surface area contributed by atoms with E-state index < -0.39 is 0 Å². The van der Waals surface area contributed by atoms with E-state index in [4.69, 9.17) is 9.97 Å². The molecule has 2 bridgehead atoms. The third-order valence-electron chi connectivity index (χ3n) is 15.4.